The van der Waals surface area contributed by atoms with Crippen LogP contribution < -0.4 is 10.1 Å². The Balaban J connectivity index is 1.36. The summed E-state index contributed by atoms with van der Waals surface area (Å²) in [5, 5.41) is 7.62. The molecule has 33 heavy (non-hydrogen) atoms. The smallest absolute Gasteiger partial charge is 0.331 e. The van der Waals surface area contributed by atoms with Crippen LogP contribution in [-0.2, 0) is 18.4 Å². The van der Waals surface area contributed by atoms with E-state index in [-0.39, 0.29) is 11.4 Å². The van der Waals surface area contributed by atoms with Crippen LogP contribution in [0.5, 0.6) is 11.6 Å². The van der Waals surface area contributed by atoms with Crippen molar-refractivity contribution in [2.45, 2.75) is 39.2 Å². The van der Waals surface area contributed by atoms with E-state index in [0.29, 0.717) is 23.2 Å². The van der Waals surface area contributed by atoms with Crippen LogP contribution in [0.2, 0.25) is 0 Å². The van der Waals surface area contributed by atoms with Gasteiger partial charge in [-0.1, -0.05) is 25.9 Å². The van der Waals surface area contributed by atoms with Crippen molar-refractivity contribution in [3.63, 3.8) is 0 Å². The molecule has 1 N–H and O–H groups in total. The van der Waals surface area contributed by atoms with E-state index in [2.05, 4.69) is 32.4 Å². The molecule has 1 amide bonds. The summed E-state index contributed by atoms with van der Waals surface area (Å²) in [5.41, 5.74) is 2.62. The van der Waals surface area contributed by atoms with Gasteiger partial charge >= 0.3 is 6.03 Å². The Morgan fingerprint density at radius 2 is 2.03 bits per heavy atom. The van der Waals surface area contributed by atoms with Gasteiger partial charge in [-0.25, -0.2) is 14.8 Å². The average Bonchev–Trinajstić information content (AvgIpc) is 3.40. The summed E-state index contributed by atoms with van der Waals surface area (Å²) in [5.74, 6) is 2.33. The van der Waals surface area contributed by atoms with Gasteiger partial charge < -0.3 is 14.2 Å². The first-order chi connectivity index (χ1) is 15.8. The van der Waals surface area contributed by atoms with E-state index in [0.717, 1.165) is 41.7 Å². The number of anilines is 1. The molecule has 5 rings (SSSR count). The third-order valence-electron chi connectivity index (χ3n) is 5.74. The lowest BCUT2D eigenvalue weighted by Crippen LogP contribution is -2.27. The van der Waals surface area contributed by atoms with Gasteiger partial charge in [-0.2, -0.15) is 0 Å². The van der Waals surface area contributed by atoms with E-state index in [9.17, 15) is 4.79 Å². The number of likely N-dealkylation sites (N-methyl/N-ethyl adjacent to an activating group) is 1. The molecule has 1 aliphatic rings. The van der Waals surface area contributed by atoms with Crippen molar-refractivity contribution in [3.8, 4) is 11.6 Å². The van der Waals surface area contributed by atoms with E-state index in [1.165, 1.54) is 4.57 Å². The predicted molar refractivity (Wildman–Crippen MR) is 124 cm³/mol. The van der Waals surface area contributed by atoms with Crippen LogP contribution in [0.3, 0.4) is 0 Å². The Bertz CT molecular complexity index is 1330. The fraction of sp³-hybridized carbons (Fsp3) is 0.333. The summed E-state index contributed by atoms with van der Waals surface area (Å²) >= 11 is 0. The number of hydrogen-bond acceptors (Lipinski definition) is 7. The van der Waals surface area contributed by atoms with Crippen molar-refractivity contribution < 1.29 is 14.1 Å². The third kappa shape index (κ3) is 4.19. The molecule has 4 heterocycles. The molecule has 0 unspecified atom stereocenters. The number of rotatable bonds is 3. The fourth-order valence-corrected chi connectivity index (χ4v) is 3.87. The molecule has 9 heteroatoms. The van der Waals surface area contributed by atoms with Gasteiger partial charge in [0.2, 0.25) is 5.88 Å². The summed E-state index contributed by atoms with van der Waals surface area (Å²) in [6, 6.07) is 8.89. The molecule has 0 spiro atoms. The Kier molecular flexibility index (Phi) is 5.13. The monoisotopic (exact) mass is 446 g/mol. The number of aromatic nitrogens is 4. The molecule has 0 fully saturated rings. The van der Waals surface area contributed by atoms with Gasteiger partial charge in [-0.3, -0.25) is 9.88 Å². The minimum atomic E-state index is -0.318. The lowest BCUT2D eigenvalue weighted by atomic mass is 9.93. The van der Waals surface area contributed by atoms with Gasteiger partial charge in [0, 0.05) is 41.7 Å². The topological polar surface area (TPSA) is 98.3 Å². The van der Waals surface area contributed by atoms with Crippen LogP contribution in [0, 0.1) is 0 Å². The zero-order chi connectivity index (χ0) is 23.2. The summed E-state index contributed by atoms with van der Waals surface area (Å²) in [4.78, 5) is 23.8. The van der Waals surface area contributed by atoms with Crippen molar-refractivity contribution >= 4 is 22.8 Å². The Hall–Kier alpha value is -3.72. The van der Waals surface area contributed by atoms with Crippen molar-refractivity contribution in [2.24, 2.45) is 0 Å². The van der Waals surface area contributed by atoms with Crippen LogP contribution in [0.1, 0.15) is 37.8 Å². The highest BCUT2D eigenvalue weighted by Gasteiger charge is 2.22. The normalized spacial score (nSPS) is 14.3. The lowest BCUT2D eigenvalue weighted by Gasteiger charge is -2.24. The SMILES string of the molecule is CN1CCc2c(ncnc2Oc2ccc3c(ccn3C(=O)Nc3cc(C(C)(C)C)on3)c2)C1. The van der Waals surface area contributed by atoms with Gasteiger partial charge in [-0.05, 0) is 37.7 Å². The molecule has 0 atom stereocenters. The largest absolute Gasteiger partial charge is 0.439 e. The molecule has 0 saturated heterocycles. The average molecular weight is 447 g/mol. The number of carbonyl (C=O) groups excluding carboxylic acids is 1. The molecule has 0 radical (unpaired) electrons. The zero-order valence-corrected chi connectivity index (χ0v) is 19.1. The number of amides is 1. The minimum Gasteiger partial charge on any atom is -0.439 e. The predicted octanol–water partition coefficient (Wildman–Crippen LogP) is 4.58. The highest BCUT2D eigenvalue weighted by Crippen LogP contribution is 2.30. The maximum Gasteiger partial charge on any atom is 0.331 e. The fourth-order valence-electron chi connectivity index (χ4n) is 3.87. The number of nitrogens with zero attached hydrogens (tertiary/aromatic N) is 5. The molecule has 1 aliphatic heterocycles. The van der Waals surface area contributed by atoms with E-state index in [1.54, 1.807) is 18.6 Å². The Morgan fingerprint density at radius 3 is 2.82 bits per heavy atom. The van der Waals surface area contributed by atoms with E-state index < -0.39 is 0 Å². The van der Waals surface area contributed by atoms with Crippen molar-refractivity contribution in [3.05, 3.63) is 59.9 Å². The summed E-state index contributed by atoms with van der Waals surface area (Å²) in [6.07, 6.45) is 4.11. The maximum absolute atomic E-state index is 12.8. The van der Waals surface area contributed by atoms with Gasteiger partial charge in [0.05, 0.1) is 11.2 Å². The summed E-state index contributed by atoms with van der Waals surface area (Å²) in [6.45, 7) is 7.79. The standard InChI is InChI=1S/C24H26N6O3/c1-24(2,3)20-12-21(28-33-20)27-23(31)30-10-7-15-11-16(5-6-19(15)30)32-22-17-8-9-29(4)13-18(17)25-14-26-22/h5-7,10-12,14H,8-9,13H2,1-4H3,(H,27,28,31). The first-order valence-electron chi connectivity index (χ1n) is 10.9. The van der Waals surface area contributed by atoms with E-state index in [1.807, 2.05) is 45.0 Å². The van der Waals surface area contributed by atoms with Gasteiger partial charge in [0.15, 0.2) is 5.82 Å². The van der Waals surface area contributed by atoms with Crippen molar-refractivity contribution in [1.82, 2.24) is 24.6 Å². The number of carbonyl (C=O) groups is 1. The molecule has 9 nitrogen and oxygen atoms in total. The molecule has 0 saturated carbocycles. The minimum absolute atomic E-state index is 0.189. The van der Waals surface area contributed by atoms with Gasteiger partial charge in [0.1, 0.15) is 17.8 Å². The van der Waals surface area contributed by atoms with Gasteiger partial charge in [-0.15, -0.1) is 0 Å². The molecule has 3 aromatic heterocycles. The molecule has 1 aromatic carbocycles. The number of hydrogen-bond donors (Lipinski definition) is 1. The first-order valence-corrected chi connectivity index (χ1v) is 10.9. The molecular formula is C24H26N6O3. The number of benzene rings is 1. The lowest BCUT2D eigenvalue weighted by molar-refractivity contribution is 0.254. The Morgan fingerprint density at radius 1 is 1.18 bits per heavy atom. The molecule has 0 aliphatic carbocycles. The zero-order valence-electron chi connectivity index (χ0n) is 19.1. The van der Waals surface area contributed by atoms with E-state index >= 15 is 0 Å². The first kappa shape index (κ1) is 21.1. The van der Waals surface area contributed by atoms with Gasteiger partial charge in [0.25, 0.3) is 0 Å². The number of ether oxygens (including phenoxy) is 1. The van der Waals surface area contributed by atoms with Crippen molar-refractivity contribution in [1.29, 1.82) is 0 Å². The molecule has 4 aromatic rings. The summed E-state index contributed by atoms with van der Waals surface area (Å²) < 4.78 is 13.0. The number of fused-ring (bicyclic) bond motifs is 2. The van der Waals surface area contributed by atoms with E-state index in [4.69, 9.17) is 9.26 Å². The molecular weight excluding hydrogens is 420 g/mol. The van der Waals surface area contributed by atoms with Crippen LogP contribution in [0.15, 0.2) is 47.4 Å². The van der Waals surface area contributed by atoms with Crippen LogP contribution in [0.25, 0.3) is 10.9 Å². The number of nitrogens with one attached hydrogen (secondary N) is 1. The van der Waals surface area contributed by atoms with Crippen LogP contribution >= 0.6 is 0 Å². The molecule has 0 bridgehead atoms. The second-order valence-corrected chi connectivity index (χ2v) is 9.36. The second kappa shape index (κ2) is 8.00. The quantitative estimate of drug-likeness (QED) is 0.492. The highest BCUT2D eigenvalue weighted by atomic mass is 16.5. The maximum atomic E-state index is 12.8. The highest BCUT2D eigenvalue weighted by molar-refractivity contribution is 5.98. The molecule has 170 valence electrons. The second-order valence-electron chi connectivity index (χ2n) is 9.36. The van der Waals surface area contributed by atoms with Crippen LogP contribution in [0.4, 0.5) is 10.6 Å². The third-order valence-corrected chi connectivity index (χ3v) is 5.74. The Labute approximate surface area is 191 Å². The summed E-state index contributed by atoms with van der Waals surface area (Å²) in [7, 11) is 2.08. The van der Waals surface area contributed by atoms with Crippen molar-refractivity contribution in [2.75, 3.05) is 18.9 Å². The van der Waals surface area contributed by atoms with Crippen LogP contribution in [-0.4, -0.2) is 44.2 Å².